The molecule has 0 fully saturated rings. The van der Waals surface area contributed by atoms with Gasteiger partial charge in [-0.3, -0.25) is 4.79 Å². The summed E-state index contributed by atoms with van der Waals surface area (Å²) in [5, 5.41) is 4.84. The summed E-state index contributed by atoms with van der Waals surface area (Å²) in [4.78, 5) is 13.8. The van der Waals surface area contributed by atoms with Crippen LogP contribution in [0.1, 0.15) is 26.8 Å². The first-order valence-electron chi connectivity index (χ1n) is 9.09. The van der Waals surface area contributed by atoms with Gasteiger partial charge in [0.15, 0.2) is 0 Å². The minimum absolute atomic E-state index is 0.0588. The summed E-state index contributed by atoms with van der Waals surface area (Å²) in [6.07, 6.45) is 0. The first-order chi connectivity index (χ1) is 14.4. The lowest BCUT2D eigenvalue weighted by atomic mass is 10.0. The molecule has 3 rings (SSSR count). The lowest BCUT2D eigenvalue weighted by molar-refractivity contribution is 0.0943. The van der Waals surface area contributed by atoms with E-state index < -0.39 is 16.1 Å². The molecule has 9 heteroatoms. The fourth-order valence-electron chi connectivity index (χ4n) is 2.79. The Labute approximate surface area is 178 Å². The van der Waals surface area contributed by atoms with Crippen LogP contribution in [0.25, 0.3) is 0 Å². The molecule has 0 saturated carbocycles. The Morgan fingerprint density at radius 1 is 1.10 bits per heavy atom. The Balaban J connectivity index is 1.77. The molecule has 2 N–H and O–H groups in total. The maximum Gasteiger partial charge on any atom is 0.252 e. The predicted molar refractivity (Wildman–Crippen MR) is 114 cm³/mol. The van der Waals surface area contributed by atoms with Crippen LogP contribution < -0.4 is 10.0 Å². The summed E-state index contributed by atoms with van der Waals surface area (Å²) in [5.74, 6) is -0.722. The molecule has 0 bridgehead atoms. The molecule has 158 valence electrons. The fraction of sp³-hybridized carbons (Fsp3) is 0.190. The van der Waals surface area contributed by atoms with Crippen LogP contribution in [-0.4, -0.2) is 34.6 Å². The highest BCUT2D eigenvalue weighted by Gasteiger charge is 2.20. The maximum absolute atomic E-state index is 13.3. The van der Waals surface area contributed by atoms with Crippen molar-refractivity contribution in [3.05, 3.63) is 87.9 Å². The minimum Gasteiger partial charge on any atom is -0.383 e. The van der Waals surface area contributed by atoms with E-state index >= 15 is 0 Å². The van der Waals surface area contributed by atoms with Crippen LogP contribution in [-0.2, 0) is 14.8 Å². The Hall–Kier alpha value is -2.59. The molecule has 1 amide bonds. The standard InChI is InChI=1S/C21H21FN2O4S2/c1-28-13-12-23-30(26,27)18-10-6-16(7-11-18)21(25)24-20(19-3-2-14-29-19)15-4-8-17(22)9-5-15/h2-11,14,20,23H,12-13H2,1H3,(H,24,25). The first-order valence-corrected chi connectivity index (χ1v) is 11.5. The number of sulfonamides is 1. The van der Waals surface area contributed by atoms with E-state index in [9.17, 15) is 17.6 Å². The number of benzene rings is 2. The largest absolute Gasteiger partial charge is 0.383 e. The number of amides is 1. The van der Waals surface area contributed by atoms with Crippen molar-refractivity contribution in [3.63, 3.8) is 0 Å². The number of carbonyl (C=O) groups excluding carboxylic acids is 1. The van der Waals surface area contributed by atoms with Gasteiger partial charge in [0.25, 0.3) is 5.91 Å². The van der Waals surface area contributed by atoms with Crippen molar-refractivity contribution in [2.75, 3.05) is 20.3 Å². The van der Waals surface area contributed by atoms with Gasteiger partial charge in [-0.25, -0.2) is 17.5 Å². The predicted octanol–water partition coefficient (Wildman–Crippen LogP) is 3.33. The second-order valence-corrected chi connectivity index (χ2v) is 9.13. The van der Waals surface area contributed by atoms with Crippen LogP contribution in [0.4, 0.5) is 4.39 Å². The van der Waals surface area contributed by atoms with Gasteiger partial charge < -0.3 is 10.1 Å². The lowest BCUT2D eigenvalue weighted by Crippen LogP contribution is -2.29. The molecule has 0 spiro atoms. The highest BCUT2D eigenvalue weighted by molar-refractivity contribution is 7.89. The molecule has 30 heavy (non-hydrogen) atoms. The van der Waals surface area contributed by atoms with Crippen LogP contribution >= 0.6 is 11.3 Å². The third kappa shape index (κ3) is 5.51. The van der Waals surface area contributed by atoms with Crippen molar-refractivity contribution in [2.45, 2.75) is 10.9 Å². The third-order valence-corrected chi connectivity index (χ3v) is 6.75. The molecule has 1 aromatic heterocycles. The van der Waals surface area contributed by atoms with Gasteiger partial charge in [-0.15, -0.1) is 11.3 Å². The third-order valence-electron chi connectivity index (χ3n) is 4.33. The van der Waals surface area contributed by atoms with Crippen LogP contribution in [0.15, 0.2) is 70.9 Å². The number of ether oxygens (including phenoxy) is 1. The number of thiophene rings is 1. The minimum atomic E-state index is -3.68. The fourth-order valence-corrected chi connectivity index (χ4v) is 4.61. The molecular formula is C21H21FN2O4S2. The van der Waals surface area contributed by atoms with E-state index in [0.717, 1.165) is 10.4 Å². The quantitative estimate of drug-likeness (QED) is 0.492. The summed E-state index contributed by atoms with van der Waals surface area (Å²) in [6, 6.07) is 14.9. The molecule has 0 aliphatic rings. The van der Waals surface area contributed by atoms with Crippen molar-refractivity contribution in [1.29, 1.82) is 0 Å². The second kappa shape index (κ2) is 9.94. The zero-order chi connectivity index (χ0) is 21.6. The Bertz CT molecular complexity index is 1070. The van der Waals surface area contributed by atoms with Gasteiger partial charge in [-0.1, -0.05) is 18.2 Å². The maximum atomic E-state index is 13.3. The molecule has 2 aromatic carbocycles. The van der Waals surface area contributed by atoms with Crippen LogP contribution in [0, 0.1) is 5.82 Å². The van der Waals surface area contributed by atoms with Crippen molar-refractivity contribution in [3.8, 4) is 0 Å². The van der Waals surface area contributed by atoms with Crippen molar-refractivity contribution >= 4 is 27.3 Å². The van der Waals surface area contributed by atoms with E-state index in [1.54, 1.807) is 12.1 Å². The van der Waals surface area contributed by atoms with E-state index in [2.05, 4.69) is 10.0 Å². The molecule has 6 nitrogen and oxygen atoms in total. The second-order valence-electron chi connectivity index (χ2n) is 6.39. The van der Waals surface area contributed by atoms with Crippen LogP contribution in [0.3, 0.4) is 0 Å². The van der Waals surface area contributed by atoms with Crippen molar-refractivity contribution in [1.82, 2.24) is 10.0 Å². The summed E-state index contributed by atoms with van der Waals surface area (Å²) in [6.45, 7) is 0.411. The molecule has 0 aliphatic carbocycles. The van der Waals surface area contributed by atoms with Gasteiger partial charge in [0.1, 0.15) is 5.82 Å². The number of halogens is 1. The zero-order valence-electron chi connectivity index (χ0n) is 16.2. The number of hydrogen-bond donors (Lipinski definition) is 2. The average molecular weight is 449 g/mol. The van der Waals surface area contributed by atoms with Gasteiger partial charge in [0, 0.05) is 24.1 Å². The van der Waals surface area contributed by atoms with Gasteiger partial charge in [0.05, 0.1) is 17.5 Å². The number of rotatable bonds is 9. The number of methoxy groups -OCH3 is 1. The Morgan fingerprint density at radius 2 is 1.80 bits per heavy atom. The summed E-state index contributed by atoms with van der Waals surface area (Å²) in [7, 11) is -2.19. The molecule has 3 aromatic rings. The molecule has 1 heterocycles. The average Bonchev–Trinajstić information content (AvgIpc) is 3.27. The van der Waals surface area contributed by atoms with Crippen molar-refractivity contribution in [2.24, 2.45) is 0 Å². The van der Waals surface area contributed by atoms with E-state index in [0.29, 0.717) is 5.56 Å². The summed E-state index contributed by atoms with van der Waals surface area (Å²) < 4.78 is 45.0. The van der Waals surface area contributed by atoms with Gasteiger partial charge in [-0.05, 0) is 53.4 Å². The molecule has 0 saturated heterocycles. The van der Waals surface area contributed by atoms with E-state index in [-0.39, 0.29) is 29.8 Å². The van der Waals surface area contributed by atoms with Crippen LogP contribution in [0.5, 0.6) is 0 Å². The van der Waals surface area contributed by atoms with Crippen molar-refractivity contribution < 1.29 is 22.3 Å². The van der Waals surface area contributed by atoms with Gasteiger partial charge in [0.2, 0.25) is 10.0 Å². The topological polar surface area (TPSA) is 84.5 Å². The molecule has 0 aliphatic heterocycles. The monoisotopic (exact) mass is 448 g/mol. The lowest BCUT2D eigenvalue weighted by Gasteiger charge is -2.18. The van der Waals surface area contributed by atoms with E-state index in [4.69, 9.17) is 4.74 Å². The normalized spacial score (nSPS) is 12.5. The van der Waals surface area contributed by atoms with E-state index in [1.807, 2.05) is 17.5 Å². The van der Waals surface area contributed by atoms with Gasteiger partial charge in [-0.2, -0.15) is 0 Å². The SMILES string of the molecule is COCCNS(=O)(=O)c1ccc(C(=O)NC(c2ccc(F)cc2)c2cccs2)cc1. The molecule has 0 radical (unpaired) electrons. The molecule has 1 atom stereocenters. The Morgan fingerprint density at radius 3 is 2.40 bits per heavy atom. The van der Waals surface area contributed by atoms with Gasteiger partial charge >= 0.3 is 0 Å². The van der Waals surface area contributed by atoms with Crippen LogP contribution in [0.2, 0.25) is 0 Å². The first kappa shape index (κ1) is 22.1. The van der Waals surface area contributed by atoms with E-state index in [1.165, 1.54) is 54.8 Å². The summed E-state index contributed by atoms with van der Waals surface area (Å²) in [5.41, 5.74) is 1.06. The number of hydrogen-bond acceptors (Lipinski definition) is 5. The highest BCUT2D eigenvalue weighted by Crippen LogP contribution is 2.26. The zero-order valence-corrected chi connectivity index (χ0v) is 17.8. The summed E-state index contributed by atoms with van der Waals surface area (Å²) >= 11 is 1.48. The smallest absolute Gasteiger partial charge is 0.252 e. The Kier molecular flexibility index (Phi) is 7.33. The highest BCUT2D eigenvalue weighted by atomic mass is 32.2. The number of carbonyl (C=O) groups is 1. The molecule has 1 unspecified atom stereocenters. The number of nitrogens with one attached hydrogen (secondary N) is 2. The molecular weight excluding hydrogens is 427 g/mol.